The summed E-state index contributed by atoms with van der Waals surface area (Å²) in [7, 11) is 0. The predicted molar refractivity (Wildman–Crippen MR) is 73.4 cm³/mol. The summed E-state index contributed by atoms with van der Waals surface area (Å²) in [5.74, 6) is 1.46. The van der Waals surface area contributed by atoms with Crippen LogP contribution in [0, 0.1) is 5.92 Å². The molecule has 0 aromatic rings. The van der Waals surface area contributed by atoms with Gasteiger partial charge >= 0.3 is 0 Å². The van der Waals surface area contributed by atoms with Gasteiger partial charge in [0.2, 0.25) is 0 Å². The molecule has 1 aliphatic carbocycles. The Morgan fingerprint density at radius 2 is 2.06 bits per heavy atom. The number of rotatable bonds is 0. The highest BCUT2D eigenvalue weighted by Crippen LogP contribution is 2.35. The number of carbonyl (C=O) groups excluding carboxylic acids is 1. The number of hydrogen-bond donors (Lipinski definition) is 2. The molecular weight excluding hydrogens is 226 g/mol. The van der Waals surface area contributed by atoms with E-state index in [0.29, 0.717) is 11.9 Å². The highest BCUT2D eigenvalue weighted by atomic mass is 16.2. The largest absolute Gasteiger partial charge is 0.351 e. The standard InChI is InChI=1S/C14H25N3O/c1-10-6-5-8-14(9-7-10)11(18)15-12(17-14)16-13(2,3)4/h10H,5-9H2,1-4H3,(H2,15,16,17,18). The number of guanidine groups is 1. The average Bonchev–Trinajstić information content (AvgIpc) is 2.40. The van der Waals surface area contributed by atoms with Gasteiger partial charge in [0, 0.05) is 5.54 Å². The van der Waals surface area contributed by atoms with E-state index >= 15 is 0 Å². The van der Waals surface area contributed by atoms with Crippen molar-refractivity contribution in [3.63, 3.8) is 0 Å². The van der Waals surface area contributed by atoms with E-state index in [2.05, 4.69) is 43.3 Å². The normalized spacial score (nSPS) is 33.0. The molecule has 1 spiro atoms. The highest BCUT2D eigenvalue weighted by Gasteiger charge is 2.44. The quantitative estimate of drug-likeness (QED) is 0.693. The summed E-state index contributed by atoms with van der Waals surface area (Å²) >= 11 is 0. The van der Waals surface area contributed by atoms with Crippen LogP contribution >= 0.6 is 0 Å². The molecule has 1 heterocycles. The van der Waals surface area contributed by atoms with Gasteiger partial charge in [-0.2, -0.15) is 0 Å². The van der Waals surface area contributed by atoms with Gasteiger partial charge in [-0.3, -0.25) is 10.1 Å². The van der Waals surface area contributed by atoms with Gasteiger partial charge in [-0.1, -0.05) is 19.8 Å². The maximum absolute atomic E-state index is 12.2. The number of aliphatic imine (C=N–C) groups is 1. The van der Waals surface area contributed by atoms with Crippen LogP contribution in [0.2, 0.25) is 0 Å². The number of nitrogens with one attached hydrogen (secondary N) is 2. The Morgan fingerprint density at radius 3 is 2.72 bits per heavy atom. The van der Waals surface area contributed by atoms with Gasteiger partial charge in [-0.15, -0.1) is 0 Å². The number of amides is 1. The van der Waals surface area contributed by atoms with E-state index in [1.165, 1.54) is 6.42 Å². The molecule has 18 heavy (non-hydrogen) atoms. The van der Waals surface area contributed by atoms with Crippen molar-refractivity contribution in [3.8, 4) is 0 Å². The van der Waals surface area contributed by atoms with Crippen molar-refractivity contribution >= 4 is 11.9 Å². The van der Waals surface area contributed by atoms with Gasteiger partial charge in [-0.05, 0) is 46.0 Å². The fourth-order valence-corrected chi connectivity index (χ4v) is 2.77. The van der Waals surface area contributed by atoms with E-state index in [4.69, 9.17) is 0 Å². The SMILES string of the molecule is CC1CCCC2(CC1)N=C(NC(C)(C)C)NC2=O. The Hall–Kier alpha value is -1.06. The fraction of sp³-hybridized carbons (Fsp3) is 0.857. The lowest BCUT2D eigenvalue weighted by atomic mass is 9.90. The molecule has 0 aromatic carbocycles. The Kier molecular flexibility index (Phi) is 3.39. The second-order valence-corrected chi connectivity index (χ2v) is 6.86. The molecule has 0 saturated heterocycles. The zero-order valence-corrected chi connectivity index (χ0v) is 12.0. The van der Waals surface area contributed by atoms with Gasteiger partial charge in [0.15, 0.2) is 5.96 Å². The van der Waals surface area contributed by atoms with Crippen LogP contribution in [0.15, 0.2) is 4.99 Å². The molecule has 0 bridgehead atoms. The summed E-state index contributed by atoms with van der Waals surface area (Å²) in [6, 6.07) is 0. The van der Waals surface area contributed by atoms with E-state index < -0.39 is 5.54 Å². The molecule has 4 heteroatoms. The van der Waals surface area contributed by atoms with Crippen molar-refractivity contribution in [3.05, 3.63) is 0 Å². The lowest BCUT2D eigenvalue weighted by molar-refractivity contribution is -0.124. The summed E-state index contributed by atoms with van der Waals surface area (Å²) in [5, 5.41) is 6.18. The second-order valence-electron chi connectivity index (χ2n) is 6.86. The topological polar surface area (TPSA) is 53.5 Å². The van der Waals surface area contributed by atoms with E-state index in [0.717, 1.165) is 25.7 Å². The van der Waals surface area contributed by atoms with Crippen LogP contribution in [-0.2, 0) is 4.79 Å². The summed E-state index contributed by atoms with van der Waals surface area (Å²) in [5.41, 5.74) is -0.562. The summed E-state index contributed by atoms with van der Waals surface area (Å²) in [6.07, 6.45) is 5.18. The van der Waals surface area contributed by atoms with Gasteiger partial charge in [0.05, 0.1) is 0 Å². The molecule has 102 valence electrons. The lowest BCUT2D eigenvalue weighted by Gasteiger charge is -2.21. The van der Waals surface area contributed by atoms with Gasteiger partial charge < -0.3 is 5.32 Å². The first-order valence-electron chi connectivity index (χ1n) is 7.00. The van der Waals surface area contributed by atoms with Crippen LogP contribution in [0.25, 0.3) is 0 Å². The number of carbonyl (C=O) groups is 1. The molecule has 4 nitrogen and oxygen atoms in total. The summed E-state index contributed by atoms with van der Waals surface area (Å²) in [4.78, 5) is 16.9. The zero-order chi connectivity index (χ0) is 13.4. The van der Waals surface area contributed by atoms with Crippen molar-refractivity contribution in [2.75, 3.05) is 0 Å². The number of nitrogens with zero attached hydrogens (tertiary/aromatic N) is 1. The molecule has 2 aliphatic rings. The van der Waals surface area contributed by atoms with E-state index in [9.17, 15) is 4.79 Å². The minimum atomic E-state index is -0.488. The average molecular weight is 251 g/mol. The van der Waals surface area contributed by atoms with E-state index in [1.807, 2.05) is 0 Å². The van der Waals surface area contributed by atoms with Gasteiger partial charge in [-0.25, -0.2) is 4.99 Å². The Morgan fingerprint density at radius 1 is 1.33 bits per heavy atom. The molecule has 0 aromatic heterocycles. The number of hydrogen-bond acceptors (Lipinski definition) is 3. The van der Waals surface area contributed by atoms with Crippen LogP contribution in [-0.4, -0.2) is 22.9 Å². The Labute approximate surface area is 110 Å². The van der Waals surface area contributed by atoms with Crippen LogP contribution in [0.1, 0.15) is 59.8 Å². The van der Waals surface area contributed by atoms with Crippen molar-refractivity contribution < 1.29 is 4.79 Å². The minimum Gasteiger partial charge on any atom is -0.351 e. The molecule has 2 N–H and O–H groups in total. The van der Waals surface area contributed by atoms with Crippen molar-refractivity contribution in [2.24, 2.45) is 10.9 Å². The van der Waals surface area contributed by atoms with E-state index in [-0.39, 0.29) is 11.4 Å². The molecule has 1 saturated carbocycles. The smallest absolute Gasteiger partial charge is 0.254 e. The van der Waals surface area contributed by atoms with Gasteiger partial charge in [0.25, 0.3) is 5.91 Å². The maximum Gasteiger partial charge on any atom is 0.254 e. The zero-order valence-electron chi connectivity index (χ0n) is 12.0. The third-order valence-corrected chi connectivity index (χ3v) is 3.81. The third-order valence-electron chi connectivity index (χ3n) is 3.81. The molecular formula is C14H25N3O. The summed E-state index contributed by atoms with van der Waals surface area (Å²) < 4.78 is 0. The minimum absolute atomic E-state index is 0.0737. The summed E-state index contributed by atoms with van der Waals surface area (Å²) in [6.45, 7) is 8.48. The molecule has 1 fully saturated rings. The van der Waals surface area contributed by atoms with Crippen molar-refractivity contribution in [2.45, 2.75) is 70.9 Å². The molecule has 1 aliphatic heterocycles. The van der Waals surface area contributed by atoms with Crippen LogP contribution in [0.5, 0.6) is 0 Å². The van der Waals surface area contributed by atoms with Crippen molar-refractivity contribution in [1.29, 1.82) is 0 Å². The molecule has 1 amide bonds. The highest BCUT2D eigenvalue weighted by molar-refractivity contribution is 6.07. The first kappa shape index (κ1) is 13.4. The Bertz CT molecular complexity index is 370. The molecule has 2 unspecified atom stereocenters. The molecule has 2 atom stereocenters. The van der Waals surface area contributed by atoms with Crippen LogP contribution in [0.4, 0.5) is 0 Å². The molecule has 0 radical (unpaired) electrons. The van der Waals surface area contributed by atoms with Crippen molar-refractivity contribution in [1.82, 2.24) is 10.6 Å². The van der Waals surface area contributed by atoms with E-state index in [1.54, 1.807) is 0 Å². The lowest BCUT2D eigenvalue weighted by Crippen LogP contribution is -2.47. The first-order chi connectivity index (χ1) is 8.31. The molecule has 2 rings (SSSR count). The Balaban J connectivity index is 2.14. The monoisotopic (exact) mass is 251 g/mol. The predicted octanol–water partition coefficient (Wildman–Crippen LogP) is 2.20. The first-order valence-corrected chi connectivity index (χ1v) is 7.00. The maximum atomic E-state index is 12.2. The second kappa shape index (κ2) is 4.56. The fourth-order valence-electron chi connectivity index (χ4n) is 2.77. The third kappa shape index (κ3) is 2.85. The van der Waals surface area contributed by atoms with Gasteiger partial charge in [0.1, 0.15) is 5.54 Å². The van der Waals surface area contributed by atoms with Crippen LogP contribution in [0.3, 0.4) is 0 Å². The van der Waals surface area contributed by atoms with Crippen LogP contribution < -0.4 is 10.6 Å².